The average Bonchev–Trinajstić information content (AvgIpc) is 2.57. The van der Waals surface area contributed by atoms with Gasteiger partial charge in [0.15, 0.2) is 0 Å². The van der Waals surface area contributed by atoms with Gasteiger partial charge in [0, 0.05) is 35.8 Å². The first-order valence-corrected chi connectivity index (χ1v) is 7.11. The highest BCUT2D eigenvalue weighted by molar-refractivity contribution is 5.62. The highest BCUT2D eigenvalue weighted by Gasteiger charge is 2.06. The van der Waals surface area contributed by atoms with Crippen molar-refractivity contribution in [3.63, 3.8) is 0 Å². The molecule has 0 saturated heterocycles. The molecule has 0 aliphatic carbocycles. The van der Waals surface area contributed by atoms with Crippen LogP contribution in [-0.2, 0) is 0 Å². The van der Waals surface area contributed by atoms with Crippen LogP contribution in [0.25, 0.3) is 11.1 Å². The summed E-state index contributed by atoms with van der Waals surface area (Å²) in [5.74, 6) is 0.555. The summed E-state index contributed by atoms with van der Waals surface area (Å²) in [7, 11) is 0. The molecule has 0 aliphatic heterocycles. The van der Waals surface area contributed by atoms with Gasteiger partial charge in [-0.3, -0.25) is 4.98 Å². The molecule has 3 rings (SSSR count). The van der Waals surface area contributed by atoms with E-state index in [1.807, 2.05) is 43.6 Å². The SMILES string of the molecule is C[C@H](Nc1ccc(-c2cccnc2)cn1)c1ccc(F)cc1. The minimum absolute atomic E-state index is 0.0531. The molecule has 4 heteroatoms. The maximum Gasteiger partial charge on any atom is 0.126 e. The van der Waals surface area contributed by atoms with Gasteiger partial charge in [0.25, 0.3) is 0 Å². The van der Waals surface area contributed by atoms with Crippen molar-refractivity contribution in [2.75, 3.05) is 5.32 Å². The van der Waals surface area contributed by atoms with Crippen LogP contribution in [0.4, 0.5) is 10.2 Å². The Morgan fingerprint density at radius 1 is 0.955 bits per heavy atom. The second kappa shape index (κ2) is 6.35. The van der Waals surface area contributed by atoms with Crippen molar-refractivity contribution in [2.45, 2.75) is 13.0 Å². The third-order valence-corrected chi connectivity index (χ3v) is 3.49. The van der Waals surface area contributed by atoms with Gasteiger partial charge in [-0.2, -0.15) is 0 Å². The molecule has 1 N–H and O–H groups in total. The van der Waals surface area contributed by atoms with Crippen molar-refractivity contribution in [1.29, 1.82) is 0 Å². The molecular weight excluding hydrogens is 277 g/mol. The Bertz CT molecular complexity index is 725. The van der Waals surface area contributed by atoms with E-state index in [-0.39, 0.29) is 11.9 Å². The van der Waals surface area contributed by atoms with Crippen molar-refractivity contribution < 1.29 is 4.39 Å². The predicted octanol–water partition coefficient (Wildman–Crippen LogP) is 4.46. The highest BCUT2D eigenvalue weighted by Crippen LogP contribution is 2.21. The van der Waals surface area contributed by atoms with Crippen molar-refractivity contribution in [1.82, 2.24) is 9.97 Å². The molecule has 0 aliphatic rings. The van der Waals surface area contributed by atoms with E-state index >= 15 is 0 Å². The summed E-state index contributed by atoms with van der Waals surface area (Å²) >= 11 is 0. The van der Waals surface area contributed by atoms with Crippen LogP contribution in [0.3, 0.4) is 0 Å². The third-order valence-electron chi connectivity index (χ3n) is 3.49. The molecule has 3 nitrogen and oxygen atoms in total. The highest BCUT2D eigenvalue weighted by atomic mass is 19.1. The smallest absolute Gasteiger partial charge is 0.126 e. The van der Waals surface area contributed by atoms with Crippen molar-refractivity contribution >= 4 is 5.82 Å². The summed E-state index contributed by atoms with van der Waals surface area (Å²) in [5.41, 5.74) is 3.07. The normalized spacial score (nSPS) is 11.9. The van der Waals surface area contributed by atoms with E-state index in [9.17, 15) is 4.39 Å². The first-order valence-electron chi connectivity index (χ1n) is 7.11. The zero-order chi connectivity index (χ0) is 15.4. The summed E-state index contributed by atoms with van der Waals surface area (Å²) < 4.78 is 12.9. The molecule has 0 spiro atoms. The van der Waals surface area contributed by atoms with Crippen LogP contribution in [0.15, 0.2) is 67.1 Å². The second-order valence-electron chi connectivity index (χ2n) is 5.09. The van der Waals surface area contributed by atoms with Gasteiger partial charge < -0.3 is 5.32 Å². The van der Waals surface area contributed by atoms with Crippen molar-refractivity contribution in [3.8, 4) is 11.1 Å². The Morgan fingerprint density at radius 2 is 1.73 bits per heavy atom. The maximum atomic E-state index is 12.9. The molecule has 110 valence electrons. The lowest BCUT2D eigenvalue weighted by molar-refractivity contribution is 0.626. The Balaban J connectivity index is 1.72. The topological polar surface area (TPSA) is 37.8 Å². The minimum Gasteiger partial charge on any atom is -0.364 e. The van der Waals surface area contributed by atoms with E-state index in [1.54, 1.807) is 18.3 Å². The molecule has 0 radical (unpaired) electrons. The van der Waals surface area contributed by atoms with Gasteiger partial charge in [0.05, 0.1) is 0 Å². The van der Waals surface area contributed by atoms with Gasteiger partial charge in [-0.15, -0.1) is 0 Å². The summed E-state index contributed by atoms with van der Waals surface area (Å²) in [5, 5.41) is 3.31. The fraction of sp³-hybridized carbons (Fsp3) is 0.111. The van der Waals surface area contributed by atoms with Crippen molar-refractivity contribution in [3.05, 3.63) is 78.5 Å². The largest absolute Gasteiger partial charge is 0.364 e. The number of anilines is 1. The molecule has 3 aromatic rings. The van der Waals surface area contributed by atoms with Gasteiger partial charge >= 0.3 is 0 Å². The van der Waals surface area contributed by atoms with Gasteiger partial charge in [-0.25, -0.2) is 9.37 Å². The monoisotopic (exact) mass is 293 g/mol. The van der Waals surface area contributed by atoms with Crippen LogP contribution in [0.1, 0.15) is 18.5 Å². The fourth-order valence-electron chi connectivity index (χ4n) is 2.24. The quantitative estimate of drug-likeness (QED) is 0.772. The van der Waals surface area contributed by atoms with E-state index in [2.05, 4.69) is 15.3 Å². The van der Waals surface area contributed by atoms with Crippen LogP contribution in [-0.4, -0.2) is 9.97 Å². The van der Waals surface area contributed by atoms with Gasteiger partial charge in [0.2, 0.25) is 0 Å². The minimum atomic E-state index is -0.227. The standard InChI is InChI=1S/C18H16FN3/c1-13(14-4-7-17(19)8-5-14)22-18-9-6-16(12-21-18)15-3-2-10-20-11-15/h2-13H,1H3,(H,21,22)/t13-/m0/s1. The molecule has 0 fully saturated rings. The van der Waals surface area contributed by atoms with E-state index in [0.717, 1.165) is 22.5 Å². The molecule has 0 unspecified atom stereocenters. The molecule has 1 aromatic carbocycles. The molecular formula is C18H16FN3. The number of halogens is 1. The Morgan fingerprint density at radius 3 is 2.36 bits per heavy atom. The van der Waals surface area contributed by atoms with Gasteiger partial charge in [0.1, 0.15) is 11.6 Å². The van der Waals surface area contributed by atoms with E-state index in [4.69, 9.17) is 0 Å². The molecule has 2 aromatic heterocycles. The summed E-state index contributed by atoms with van der Waals surface area (Å²) in [6, 6.07) is 14.4. The number of benzene rings is 1. The molecule has 0 saturated carbocycles. The summed E-state index contributed by atoms with van der Waals surface area (Å²) in [6.45, 7) is 2.02. The molecule has 0 bridgehead atoms. The first-order chi connectivity index (χ1) is 10.7. The summed E-state index contributed by atoms with van der Waals surface area (Å²) in [6.07, 6.45) is 5.37. The lowest BCUT2D eigenvalue weighted by atomic mass is 10.1. The predicted molar refractivity (Wildman–Crippen MR) is 85.9 cm³/mol. The zero-order valence-corrected chi connectivity index (χ0v) is 12.2. The number of aromatic nitrogens is 2. The van der Waals surface area contributed by atoms with Crippen LogP contribution in [0.2, 0.25) is 0 Å². The number of nitrogens with one attached hydrogen (secondary N) is 1. The molecule has 0 amide bonds. The Labute approximate surface area is 128 Å². The number of hydrogen-bond acceptors (Lipinski definition) is 3. The molecule has 1 atom stereocenters. The maximum absolute atomic E-state index is 12.9. The van der Waals surface area contributed by atoms with Crippen LogP contribution in [0.5, 0.6) is 0 Å². The van der Waals surface area contributed by atoms with E-state index in [0.29, 0.717) is 0 Å². The second-order valence-corrected chi connectivity index (χ2v) is 5.09. The first kappa shape index (κ1) is 14.2. The zero-order valence-electron chi connectivity index (χ0n) is 12.2. The van der Waals surface area contributed by atoms with Crippen molar-refractivity contribution in [2.24, 2.45) is 0 Å². The number of nitrogens with zero attached hydrogens (tertiary/aromatic N) is 2. The Hall–Kier alpha value is -2.75. The van der Waals surface area contributed by atoms with E-state index in [1.165, 1.54) is 12.1 Å². The van der Waals surface area contributed by atoms with E-state index < -0.39 is 0 Å². The van der Waals surface area contributed by atoms with Crippen LogP contribution in [0, 0.1) is 5.82 Å². The summed E-state index contributed by atoms with van der Waals surface area (Å²) in [4.78, 5) is 8.53. The van der Waals surface area contributed by atoms with Gasteiger partial charge in [-0.1, -0.05) is 18.2 Å². The fourth-order valence-corrected chi connectivity index (χ4v) is 2.24. The molecule has 22 heavy (non-hydrogen) atoms. The number of rotatable bonds is 4. The van der Waals surface area contributed by atoms with Crippen LogP contribution < -0.4 is 5.32 Å². The van der Waals surface area contributed by atoms with Crippen LogP contribution >= 0.6 is 0 Å². The third kappa shape index (κ3) is 3.28. The lowest BCUT2D eigenvalue weighted by Gasteiger charge is -2.15. The Kier molecular flexibility index (Phi) is 4.10. The average molecular weight is 293 g/mol. The van der Waals surface area contributed by atoms with Gasteiger partial charge in [-0.05, 0) is 42.8 Å². The number of pyridine rings is 2. The molecule has 2 heterocycles. The number of hydrogen-bond donors (Lipinski definition) is 1. The lowest BCUT2D eigenvalue weighted by Crippen LogP contribution is -2.07.